The zero-order chi connectivity index (χ0) is 26.1. The van der Waals surface area contributed by atoms with Crippen molar-refractivity contribution < 1.29 is 27.2 Å². The first-order chi connectivity index (χ1) is 17.1. The van der Waals surface area contributed by atoms with Crippen LogP contribution < -0.4 is 19.8 Å². The Morgan fingerprint density at radius 1 is 1.03 bits per heavy atom. The van der Waals surface area contributed by atoms with Gasteiger partial charge in [-0.15, -0.1) is 0 Å². The topological polar surface area (TPSA) is 130 Å². The van der Waals surface area contributed by atoms with Gasteiger partial charge in [-0.25, -0.2) is 13.8 Å². The Bertz CT molecular complexity index is 1300. The molecule has 3 rings (SSSR count). The summed E-state index contributed by atoms with van der Waals surface area (Å²) >= 11 is 0. The summed E-state index contributed by atoms with van der Waals surface area (Å²) < 4.78 is 36.4. The van der Waals surface area contributed by atoms with Crippen LogP contribution in [0.5, 0.6) is 5.75 Å². The highest BCUT2D eigenvalue weighted by atomic mass is 32.2. The lowest BCUT2D eigenvalue weighted by atomic mass is 10.1. The van der Waals surface area contributed by atoms with Crippen LogP contribution in [0.2, 0.25) is 0 Å². The zero-order valence-electron chi connectivity index (χ0n) is 20.2. The maximum atomic E-state index is 12.4. The highest BCUT2D eigenvalue weighted by Crippen LogP contribution is 2.26. The number of hydrogen-bond acceptors (Lipinski definition) is 7. The lowest BCUT2D eigenvalue weighted by molar-refractivity contribution is -0.123. The predicted octanol–water partition coefficient (Wildman–Crippen LogP) is 2.51. The van der Waals surface area contributed by atoms with Crippen LogP contribution in [0.3, 0.4) is 0 Å². The summed E-state index contributed by atoms with van der Waals surface area (Å²) in [5.41, 5.74) is 4.99. The minimum Gasteiger partial charge on any atom is -0.484 e. The van der Waals surface area contributed by atoms with Gasteiger partial charge in [-0.1, -0.05) is 18.2 Å². The predicted molar refractivity (Wildman–Crippen MR) is 136 cm³/mol. The summed E-state index contributed by atoms with van der Waals surface area (Å²) in [4.78, 5) is 24.3. The number of carbonyl (C=O) groups is 2. The van der Waals surface area contributed by atoms with Crippen LogP contribution in [0.1, 0.15) is 22.5 Å². The molecule has 0 saturated carbocycles. The number of hydrazone groups is 1. The first-order valence-corrected chi connectivity index (χ1v) is 12.9. The van der Waals surface area contributed by atoms with E-state index in [2.05, 4.69) is 15.8 Å². The molecule has 0 radical (unpaired) electrons. The van der Waals surface area contributed by atoms with Gasteiger partial charge < -0.3 is 14.5 Å². The minimum atomic E-state index is -3.69. The summed E-state index contributed by atoms with van der Waals surface area (Å²) in [6, 6.07) is 15.6. The lowest BCUT2D eigenvalue weighted by Gasteiger charge is -2.25. The Labute approximate surface area is 210 Å². The largest absolute Gasteiger partial charge is 0.484 e. The number of nitrogens with one attached hydrogen (secondary N) is 2. The molecule has 0 aliphatic carbocycles. The van der Waals surface area contributed by atoms with Crippen molar-refractivity contribution in [2.45, 2.75) is 20.4 Å². The Hall–Kier alpha value is -4.12. The number of aryl methyl sites for hydroxylation is 2. The monoisotopic (exact) mass is 512 g/mol. The minimum absolute atomic E-state index is 0.151. The van der Waals surface area contributed by atoms with E-state index in [1.54, 1.807) is 62.4 Å². The van der Waals surface area contributed by atoms with Gasteiger partial charge in [0.25, 0.3) is 11.8 Å². The van der Waals surface area contributed by atoms with Gasteiger partial charge in [-0.2, -0.15) is 5.10 Å². The zero-order valence-corrected chi connectivity index (χ0v) is 21.0. The van der Waals surface area contributed by atoms with Gasteiger partial charge in [0.05, 0.1) is 31.0 Å². The van der Waals surface area contributed by atoms with E-state index in [-0.39, 0.29) is 19.1 Å². The van der Waals surface area contributed by atoms with Crippen molar-refractivity contribution in [1.82, 2.24) is 10.7 Å². The summed E-state index contributed by atoms with van der Waals surface area (Å²) in [6.07, 6.45) is 4.01. The van der Waals surface area contributed by atoms with Crippen molar-refractivity contribution >= 4 is 33.7 Å². The molecule has 2 aromatic carbocycles. The maximum Gasteiger partial charge on any atom is 0.260 e. The molecule has 0 bridgehead atoms. The van der Waals surface area contributed by atoms with E-state index >= 15 is 0 Å². The summed E-state index contributed by atoms with van der Waals surface area (Å²) in [5, 5.41) is 6.59. The fraction of sp³-hybridized carbons (Fsp3) is 0.240. The Kier molecular flexibility index (Phi) is 8.85. The van der Waals surface area contributed by atoms with Crippen molar-refractivity contribution in [3.63, 3.8) is 0 Å². The number of para-hydroxylation sites is 1. The number of benzene rings is 2. The molecule has 11 heteroatoms. The Morgan fingerprint density at radius 2 is 1.72 bits per heavy atom. The molecule has 0 atom stereocenters. The molecule has 0 spiro atoms. The van der Waals surface area contributed by atoms with Crippen LogP contribution in [-0.4, -0.2) is 45.9 Å². The van der Waals surface area contributed by atoms with Crippen LogP contribution in [-0.2, 0) is 26.2 Å². The molecule has 0 aliphatic rings. The van der Waals surface area contributed by atoms with Gasteiger partial charge >= 0.3 is 0 Å². The SMILES string of the molecule is Cc1cccc(C)c1N(CC(=O)N/N=C\c1ccc(OCC(=O)NCc2ccco2)cc1)S(C)(=O)=O. The number of sulfonamides is 1. The van der Waals surface area contributed by atoms with Crippen LogP contribution in [0.15, 0.2) is 70.4 Å². The van der Waals surface area contributed by atoms with Gasteiger partial charge in [0.15, 0.2) is 6.61 Å². The molecule has 1 aromatic heterocycles. The number of furan rings is 1. The fourth-order valence-corrected chi connectivity index (χ4v) is 4.33. The number of hydrogen-bond donors (Lipinski definition) is 2. The molecule has 0 fully saturated rings. The van der Waals surface area contributed by atoms with E-state index in [1.165, 1.54) is 12.5 Å². The maximum absolute atomic E-state index is 12.4. The standard InChI is InChI=1S/C25H28N4O6S/c1-18-6-4-7-19(2)25(18)29(36(3,32)33)16-23(30)28-27-14-20-9-11-21(12-10-20)35-17-24(31)26-15-22-8-5-13-34-22/h4-14H,15-17H2,1-3H3,(H,26,31)(H,28,30)/b27-14-. The molecule has 0 unspecified atom stereocenters. The van der Waals surface area contributed by atoms with Gasteiger partial charge in [0.1, 0.15) is 18.1 Å². The van der Waals surface area contributed by atoms with Crippen LogP contribution in [0.4, 0.5) is 5.69 Å². The van der Waals surface area contributed by atoms with E-state index < -0.39 is 22.5 Å². The van der Waals surface area contributed by atoms with Gasteiger partial charge in [0, 0.05) is 0 Å². The molecular formula is C25H28N4O6S. The third kappa shape index (κ3) is 7.70. The average molecular weight is 513 g/mol. The molecular weight excluding hydrogens is 484 g/mol. The van der Waals surface area contributed by atoms with E-state index in [9.17, 15) is 18.0 Å². The molecule has 1 heterocycles. The highest BCUT2D eigenvalue weighted by Gasteiger charge is 2.23. The Balaban J connectivity index is 1.50. The second-order valence-electron chi connectivity index (χ2n) is 8.02. The van der Waals surface area contributed by atoms with Crippen molar-refractivity contribution in [1.29, 1.82) is 0 Å². The number of amides is 2. The second kappa shape index (κ2) is 12.0. The highest BCUT2D eigenvalue weighted by molar-refractivity contribution is 7.92. The molecule has 190 valence electrons. The summed E-state index contributed by atoms with van der Waals surface area (Å²) in [7, 11) is -3.69. The third-order valence-electron chi connectivity index (χ3n) is 5.07. The van der Waals surface area contributed by atoms with Crippen molar-refractivity contribution in [3.05, 3.63) is 83.3 Å². The third-order valence-corrected chi connectivity index (χ3v) is 6.18. The van der Waals surface area contributed by atoms with Crippen molar-refractivity contribution in [3.8, 4) is 5.75 Å². The molecule has 3 aromatic rings. The molecule has 2 N–H and O–H groups in total. The molecule has 2 amide bonds. The normalized spacial score (nSPS) is 11.3. The summed E-state index contributed by atoms with van der Waals surface area (Å²) in [5.74, 6) is 0.263. The first kappa shape index (κ1) is 26.5. The average Bonchev–Trinajstić information content (AvgIpc) is 3.34. The lowest BCUT2D eigenvalue weighted by Crippen LogP contribution is -2.39. The van der Waals surface area contributed by atoms with Crippen molar-refractivity contribution in [2.24, 2.45) is 5.10 Å². The van der Waals surface area contributed by atoms with Crippen LogP contribution in [0.25, 0.3) is 0 Å². The second-order valence-corrected chi connectivity index (χ2v) is 9.92. The van der Waals surface area contributed by atoms with E-state index in [4.69, 9.17) is 9.15 Å². The van der Waals surface area contributed by atoms with Gasteiger partial charge in [0.2, 0.25) is 10.0 Å². The molecule has 0 saturated heterocycles. The number of ether oxygens (including phenoxy) is 1. The van der Waals surface area contributed by atoms with Gasteiger partial charge in [-0.05, 0) is 66.9 Å². The van der Waals surface area contributed by atoms with E-state index in [0.29, 0.717) is 22.8 Å². The van der Waals surface area contributed by atoms with Gasteiger partial charge in [-0.3, -0.25) is 13.9 Å². The number of carbonyl (C=O) groups excluding carboxylic acids is 2. The smallest absolute Gasteiger partial charge is 0.260 e. The fourth-order valence-electron chi connectivity index (χ4n) is 3.35. The number of nitrogens with zero attached hydrogens (tertiary/aromatic N) is 2. The quantitative estimate of drug-likeness (QED) is 0.300. The number of rotatable bonds is 11. The Morgan fingerprint density at radius 3 is 2.33 bits per heavy atom. The molecule has 0 aliphatic heterocycles. The molecule has 36 heavy (non-hydrogen) atoms. The van der Waals surface area contributed by atoms with Crippen LogP contribution in [0, 0.1) is 13.8 Å². The van der Waals surface area contributed by atoms with E-state index in [0.717, 1.165) is 21.7 Å². The van der Waals surface area contributed by atoms with Crippen LogP contribution >= 0.6 is 0 Å². The summed E-state index contributed by atoms with van der Waals surface area (Å²) in [6.45, 7) is 3.30. The molecule has 10 nitrogen and oxygen atoms in total. The number of anilines is 1. The van der Waals surface area contributed by atoms with Crippen molar-refractivity contribution in [2.75, 3.05) is 23.7 Å². The first-order valence-electron chi connectivity index (χ1n) is 11.0. The van der Waals surface area contributed by atoms with E-state index in [1.807, 2.05) is 6.07 Å².